The van der Waals surface area contributed by atoms with E-state index in [0.29, 0.717) is 6.42 Å². The van der Waals surface area contributed by atoms with Crippen LogP contribution in [0.25, 0.3) is 0 Å². The molecule has 0 spiro atoms. The van der Waals surface area contributed by atoms with Crippen molar-refractivity contribution < 1.29 is 4.79 Å². The number of nitrogens with zero attached hydrogens (tertiary/aromatic N) is 1. The SMILES string of the molecule is Cc1ccc(C(=O)CCCN2CCC(C)CC2)cc1. The Morgan fingerprint density at radius 2 is 1.84 bits per heavy atom. The fourth-order valence-electron chi connectivity index (χ4n) is 2.63. The Bertz CT molecular complexity index is 402. The Balaban J connectivity index is 1.70. The van der Waals surface area contributed by atoms with Crippen LogP contribution in [-0.2, 0) is 0 Å². The normalized spacial score (nSPS) is 17.6. The van der Waals surface area contributed by atoms with E-state index >= 15 is 0 Å². The molecule has 1 aromatic rings. The van der Waals surface area contributed by atoms with Crippen LogP contribution in [0.15, 0.2) is 24.3 Å². The maximum Gasteiger partial charge on any atom is 0.162 e. The third-order valence-electron chi connectivity index (χ3n) is 4.13. The van der Waals surface area contributed by atoms with Gasteiger partial charge in [0, 0.05) is 12.0 Å². The summed E-state index contributed by atoms with van der Waals surface area (Å²) in [7, 11) is 0. The second kappa shape index (κ2) is 6.85. The van der Waals surface area contributed by atoms with Gasteiger partial charge in [-0.15, -0.1) is 0 Å². The minimum absolute atomic E-state index is 0.283. The highest BCUT2D eigenvalue weighted by Crippen LogP contribution is 2.16. The van der Waals surface area contributed by atoms with E-state index in [1.807, 2.05) is 31.2 Å². The summed E-state index contributed by atoms with van der Waals surface area (Å²) in [6.07, 6.45) is 4.29. The maximum absolute atomic E-state index is 12.0. The molecule has 0 radical (unpaired) electrons. The lowest BCUT2D eigenvalue weighted by molar-refractivity contribution is 0.0971. The van der Waals surface area contributed by atoms with Crippen LogP contribution in [0.5, 0.6) is 0 Å². The molecule has 1 saturated heterocycles. The molecule has 2 heteroatoms. The van der Waals surface area contributed by atoms with Crippen LogP contribution in [-0.4, -0.2) is 30.3 Å². The van der Waals surface area contributed by atoms with E-state index in [2.05, 4.69) is 11.8 Å². The number of rotatable bonds is 5. The molecule has 1 aliphatic heterocycles. The fraction of sp³-hybridized carbons (Fsp3) is 0.588. The molecule has 1 heterocycles. The third kappa shape index (κ3) is 4.46. The maximum atomic E-state index is 12.0. The van der Waals surface area contributed by atoms with Crippen molar-refractivity contribution >= 4 is 5.78 Å². The Labute approximate surface area is 116 Å². The molecule has 0 amide bonds. The van der Waals surface area contributed by atoms with E-state index in [-0.39, 0.29) is 5.78 Å². The molecule has 0 aliphatic carbocycles. The monoisotopic (exact) mass is 259 g/mol. The quantitative estimate of drug-likeness (QED) is 0.752. The van der Waals surface area contributed by atoms with Crippen molar-refractivity contribution in [2.75, 3.05) is 19.6 Å². The van der Waals surface area contributed by atoms with Crippen molar-refractivity contribution in [1.82, 2.24) is 4.90 Å². The van der Waals surface area contributed by atoms with E-state index in [1.165, 1.54) is 31.5 Å². The first kappa shape index (κ1) is 14.3. The van der Waals surface area contributed by atoms with Crippen molar-refractivity contribution in [1.29, 1.82) is 0 Å². The predicted octanol–water partition coefficient (Wildman–Crippen LogP) is 3.69. The first-order valence-electron chi connectivity index (χ1n) is 7.47. The molecule has 1 aliphatic rings. The van der Waals surface area contributed by atoms with Crippen LogP contribution in [0.2, 0.25) is 0 Å². The summed E-state index contributed by atoms with van der Waals surface area (Å²) in [5.74, 6) is 1.16. The number of piperidine rings is 1. The van der Waals surface area contributed by atoms with E-state index in [1.54, 1.807) is 0 Å². The van der Waals surface area contributed by atoms with E-state index < -0.39 is 0 Å². The lowest BCUT2D eigenvalue weighted by Gasteiger charge is -2.29. The average Bonchev–Trinajstić information content (AvgIpc) is 2.41. The highest BCUT2D eigenvalue weighted by Gasteiger charge is 2.15. The van der Waals surface area contributed by atoms with Crippen LogP contribution >= 0.6 is 0 Å². The van der Waals surface area contributed by atoms with Crippen molar-refractivity contribution in [3.8, 4) is 0 Å². The molecular formula is C17H25NO. The van der Waals surface area contributed by atoms with Crippen LogP contribution in [0, 0.1) is 12.8 Å². The minimum Gasteiger partial charge on any atom is -0.303 e. The average molecular weight is 259 g/mol. The zero-order valence-corrected chi connectivity index (χ0v) is 12.2. The Morgan fingerprint density at radius 1 is 1.21 bits per heavy atom. The van der Waals surface area contributed by atoms with Crippen molar-refractivity contribution in [2.24, 2.45) is 5.92 Å². The van der Waals surface area contributed by atoms with Gasteiger partial charge in [-0.3, -0.25) is 4.79 Å². The molecule has 0 aromatic heterocycles. The molecule has 0 unspecified atom stereocenters. The Morgan fingerprint density at radius 3 is 2.47 bits per heavy atom. The number of hydrogen-bond donors (Lipinski definition) is 0. The molecule has 0 bridgehead atoms. The third-order valence-corrected chi connectivity index (χ3v) is 4.13. The van der Waals surface area contributed by atoms with E-state index in [4.69, 9.17) is 0 Å². The highest BCUT2D eigenvalue weighted by molar-refractivity contribution is 5.96. The van der Waals surface area contributed by atoms with Gasteiger partial charge < -0.3 is 4.90 Å². The van der Waals surface area contributed by atoms with Gasteiger partial charge in [-0.05, 0) is 51.7 Å². The molecule has 104 valence electrons. The second-order valence-electron chi connectivity index (χ2n) is 5.92. The Hall–Kier alpha value is -1.15. The van der Waals surface area contributed by atoms with Gasteiger partial charge in [0.25, 0.3) is 0 Å². The van der Waals surface area contributed by atoms with Gasteiger partial charge in [-0.1, -0.05) is 36.8 Å². The summed E-state index contributed by atoms with van der Waals surface area (Å²) in [4.78, 5) is 14.5. The summed E-state index contributed by atoms with van der Waals surface area (Å²) in [6, 6.07) is 7.92. The summed E-state index contributed by atoms with van der Waals surface area (Å²) in [6.45, 7) is 7.87. The first-order chi connectivity index (χ1) is 9.15. The number of Topliss-reactive ketones (excluding diaryl/α,β-unsaturated/α-hetero) is 1. The zero-order chi connectivity index (χ0) is 13.7. The van der Waals surface area contributed by atoms with Crippen molar-refractivity contribution in [2.45, 2.75) is 39.5 Å². The fourth-order valence-corrected chi connectivity index (χ4v) is 2.63. The van der Waals surface area contributed by atoms with Gasteiger partial charge in [0.1, 0.15) is 0 Å². The summed E-state index contributed by atoms with van der Waals surface area (Å²) >= 11 is 0. The van der Waals surface area contributed by atoms with Gasteiger partial charge in [0.2, 0.25) is 0 Å². The molecule has 1 fully saturated rings. The number of aryl methyl sites for hydroxylation is 1. The van der Waals surface area contributed by atoms with Crippen LogP contribution in [0.4, 0.5) is 0 Å². The van der Waals surface area contributed by atoms with Gasteiger partial charge in [0.15, 0.2) is 5.78 Å². The van der Waals surface area contributed by atoms with Crippen molar-refractivity contribution in [3.63, 3.8) is 0 Å². The zero-order valence-electron chi connectivity index (χ0n) is 12.2. The number of carbonyl (C=O) groups is 1. The second-order valence-corrected chi connectivity index (χ2v) is 5.92. The minimum atomic E-state index is 0.283. The standard InChI is InChI=1S/C17H25NO/c1-14-5-7-16(8-6-14)17(19)4-3-11-18-12-9-15(2)10-13-18/h5-8,15H,3-4,9-13H2,1-2H3. The van der Waals surface area contributed by atoms with Crippen molar-refractivity contribution in [3.05, 3.63) is 35.4 Å². The number of hydrogen-bond acceptors (Lipinski definition) is 2. The summed E-state index contributed by atoms with van der Waals surface area (Å²) in [5.41, 5.74) is 2.07. The van der Waals surface area contributed by atoms with Crippen LogP contribution in [0.3, 0.4) is 0 Å². The molecule has 2 rings (SSSR count). The molecule has 2 nitrogen and oxygen atoms in total. The molecule has 19 heavy (non-hydrogen) atoms. The molecule has 0 atom stereocenters. The summed E-state index contributed by atoms with van der Waals surface area (Å²) < 4.78 is 0. The lowest BCUT2D eigenvalue weighted by Crippen LogP contribution is -2.33. The van der Waals surface area contributed by atoms with Gasteiger partial charge in [-0.25, -0.2) is 0 Å². The van der Waals surface area contributed by atoms with Crippen LogP contribution < -0.4 is 0 Å². The van der Waals surface area contributed by atoms with E-state index in [0.717, 1.165) is 24.4 Å². The molecule has 0 saturated carbocycles. The van der Waals surface area contributed by atoms with Crippen LogP contribution in [0.1, 0.15) is 48.5 Å². The smallest absolute Gasteiger partial charge is 0.162 e. The topological polar surface area (TPSA) is 20.3 Å². The molecular weight excluding hydrogens is 234 g/mol. The largest absolute Gasteiger partial charge is 0.303 e. The molecule has 0 N–H and O–H groups in total. The molecule has 1 aromatic carbocycles. The predicted molar refractivity (Wildman–Crippen MR) is 79.6 cm³/mol. The highest BCUT2D eigenvalue weighted by atomic mass is 16.1. The van der Waals surface area contributed by atoms with Gasteiger partial charge in [-0.2, -0.15) is 0 Å². The number of ketones is 1. The summed E-state index contributed by atoms with van der Waals surface area (Å²) in [5, 5.41) is 0. The number of likely N-dealkylation sites (tertiary alicyclic amines) is 1. The van der Waals surface area contributed by atoms with E-state index in [9.17, 15) is 4.79 Å². The first-order valence-corrected chi connectivity index (χ1v) is 7.47. The van der Waals surface area contributed by atoms with Gasteiger partial charge >= 0.3 is 0 Å². The Kier molecular flexibility index (Phi) is 5.15. The van der Waals surface area contributed by atoms with Gasteiger partial charge in [0.05, 0.1) is 0 Å². The lowest BCUT2D eigenvalue weighted by atomic mass is 9.99. The number of carbonyl (C=O) groups excluding carboxylic acids is 1. The number of benzene rings is 1.